The summed E-state index contributed by atoms with van der Waals surface area (Å²) in [5.41, 5.74) is 5.93. The molecular weight excluding hydrogens is 240 g/mol. The Morgan fingerprint density at radius 1 is 1.76 bits per heavy atom. The summed E-state index contributed by atoms with van der Waals surface area (Å²) in [4.78, 5) is 14.7. The van der Waals surface area contributed by atoms with Crippen LogP contribution >= 0.6 is 11.3 Å². The molecule has 2 heterocycles. The van der Waals surface area contributed by atoms with E-state index in [1.54, 1.807) is 4.90 Å². The molecule has 1 saturated heterocycles. The van der Waals surface area contributed by atoms with Gasteiger partial charge in [0.15, 0.2) is 0 Å². The maximum atomic E-state index is 12.2. The van der Waals surface area contributed by atoms with Crippen molar-refractivity contribution in [3.05, 3.63) is 22.4 Å². The number of rotatable bonds is 3. The van der Waals surface area contributed by atoms with Crippen molar-refractivity contribution in [3.8, 4) is 0 Å². The third kappa shape index (κ3) is 2.66. The first-order chi connectivity index (χ1) is 8.24. The number of thiophene rings is 1. The van der Waals surface area contributed by atoms with Gasteiger partial charge < -0.3 is 20.5 Å². The Hall–Kier alpha value is -0.950. The molecule has 0 saturated carbocycles. The van der Waals surface area contributed by atoms with Gasteiger partial charge in [-0.3, -0.25) is 4.79 Å². The summed E-state index contributed by atoms with van der Waals surface area (Å²) in [5, 5.41) is 11.1. The molecule has 1 fully saturated rings. The number of carbonyl (C=O) groups is 1. The molecule has 1 aliphatic heterocycles. The second-order valence-electron chi connectivity index (χ2n) is 3.94. The van der Waals surface area contributed by atoms with Crippen LogP contribution in [-0.2, 0) is 9.53 Å². The van der Waals surface area contributed by atoms with Gasteiger partial charge in [0.25, 0.3) is 0 Å². The summed E-state index contributed by atoms with van der Waals surface area (Å²) in [5.74, 6) is -0.144. The third-order valence-corrected chi connectivity index (χ3v) is 3.79. The minimum absolute atomic E-state index is 0.0943. The summed E-state index contributed by atoms with van der Waals surface area (Å²) in [6.07, 6.45) is 0. The van der Waals surface area contributed by atoms with E-state index < -0.39 is 6.04 Å². The van der Waals surface area contributed by atoms with E-state index in [9.17, 15) is 9.90 Å². The molecule has 2 atom stereocenters. The number of amides is 1. The first-order valence-corrected chi connectivity index (χ1v) is 6.40. The van der Waals surface area contributed by atoms with E-state index in [-0.39, 0.29) is 18.6 Å². The minimum atomic E-state index is -0.637. The zero-order valence-corrected chi connectivity index (χ0v) is 10.2. The van der Waals surface area contributed by atoms with E-state index in [1.807, 2.05) is 17.5 Å². The lowest BCUT2D eigenvalue weighted by molar-refractivity contribution is -0.143. The number of carbonyl (C=O) groups excluding carboxylic acids is 1. The first-order valence-electron chi connectivity index (χ1n) is 5.52. The van der Waals surface area contributed by atoms with Crippen molar-refractivity contribution in [1.82, 2.24) is 4.90 Å². The molecule has 2 rings (SSSR count). The molecule has 2 unspecified atom stereocenters. The predicted octanol–water partition coefficient (Wildman–Crippen LogP) is -0.0324. The van der Waals surface area contributed by atoms with Crippen molar-refractivity contribution in [2.24, 2.45) is 5.73 Å². The highest BCUT2D eigenvalue weighted by molar-refractivity contribution is 7.10. The van der Waals surface area contributed by atoms with Crippen LogP contribution in [0.2, 0.25) is 0 Å². The fourth-order valence-electron chi connectivity index (χ4n) is 1.86. The van der Waals surface area contributed by atoms with Crippen molar-refractivity contribution >= 4 is 17.2 Å². The lowest BCUT2D eigenvalue weighted by Crippen LogP contribution is -2.52. The van der Waals surface area contributed by atoms with E-state index in [0.29, 0.717) is 19.8 Å². The highest BCUT2D eigenvalue weighted by Gasteiger charge is 2.30. The fourth-order valence-corrected chi connectivity index (χ4v) is 2.58. The first kappa shape index (κ1) is 12.5. The number of aliphatic hydroxyl groups is 1. The molecule has 6 heteroatoms. The second-order valence-corrected chi connectivity index (χ2v) is 4.92. The Kier molecular flexibility index (Phi) is 4.11. The maximum absolute atomic E-state index is 12.2. The van der Waals surface area contributed by atoms with Gasteiger partial charge in [-0.05, 0) is 11.4 Å². The molecule has 0 spiro atoms. The largest absolute Gasteiger partial charge is 0.394 e. The Balaban J connectivity index is 2.07. The molecule has 0 aliphatic carbocycles. The molecular formula is C11H16N2O3S. The van der Waals surface area contributed by atoms with Crippen molar-refractivity contribution in [2.75, 3.05) is 26.4 Å². The average Bonchev–Trinajstić information content (AvgIpc) is 2.90. The smallest absolute Gasteiger partial charge is 0.245 e. The van der Waals surface area contributed by atoms with E-state index in [2.05, 4.69) is 0 Å². The van der Waals surface area contributed by atoms with E-state index in [4.69, 9.17) is 10.5 Å². The second kappa shape index (κ2) is 5.59. The van der Waals surface area contributed by atoms with Crippen LogP contribution in [-0.4, -0.2) is 48.3 Å². The zero-order valence-electron chi connectivity index (χ0n) is 9.41. The lowest BCUT2D eigenvalue weighted by Gasteiger charge is -2.35. The van der Waals surface area contributed by atoms with Crippen LogP contribution in [0.4, 0.5) is 0 Å². The zero-order chi connectivity index (χ0) is 12.3. The van der Waals surface area contributed by atoms with Crippen LogP contribution < -0.4 is 5.73 Å². The molecule has 3 N–H and O–H groups in total. The summed E-state index contributed by atoms with van der Waals surface area (Å²) in [6, 6.07) is 2.81. The topological polar surface area (TPSA) is 75.8 Å². The molecule has 5 nitrogen and oxygen atoms in total. The number of nitrogens with two attached hydrogens (primary N) is 1. The predicted molar refractivity (Wildman–Crippen MR) is 64.7 cm³/mol. The van der Waals surface area contributed by atoms with E-state index >= 15 is 0 Å². The minimum Gasteiger partial charge on any atom is -0.394 e. The molecule has 1 aromatic rings. The Morgan fingerprint density at radius 2 is 2.59 bits per heavy atom. The van der Waals surface area contributed by atoms with Crippen molar-refractivity contribution in [3.63, 3.8) is 0 Å². The summed E-state index contributed by atoms with van der Waals surface area (Å²) >= 11 is 1.47. The molecule has 17 heavy (non-hydrogen) atoms. The Bertz CT molecular complexity index is 369. The van der Waals surface area contributed by atoms with Gasteiger partial charge in [0.05, 0.1) is 25.9 Å². The fraction of sp³-hybridized carbons (Fsp3) is 0.545. The summed E-state index contributed by atoms with van der Waals surface area (Å²) in [6.45, 7) is 1.27. The summed E-state index contributed by atoms with van der Waals surface area (Å²) in [7, 11) is 0. The number of nitrogens with zero attached hydrogens (tertiary/aromatic N) is 1. The van der Waals surface area contributed by atoms with Crippen molar-refractivity contribution < 1.29 is 14.6 Å². The van der Waals surface area contributed by atoms with Gasteiger partial charge in [0, 0.05) is 11.4 Å². The van der Waals surface area contributed by atoms with Gasteiger partial charge in [-0.1, -0.05) is 6.07 Å². The molecule has 0 aromatic carbocycles. The van der Waals surface area contributed by atoms with Crippen LogP contribution in [0.25, 0.3) is 0 Å². The van der Waals surface area contributed by atoms with Crippen LogP contribution in [0.1, 0.15) is 10.9 Å². The van der Waals surface area contributed by atoms with Crippen molar-refractivity contribution in [2.45, 2.75) is 12.1 Å². The molecule has 0 bridgehead atoms. The van der Waals surface area contributed by atoms with Crippen LogP contribution in [0.5, 0.6) is 0 Å². The van der Waals surface area contributed by atoms with Gasteiger partial charge in [-0.15, -0.1) is 11.3 Å². The third-order valence-electron chi connectivity index (χ3n) is 2.84. The van der Waals surface area contributed by atoms with Gasteiger partial charge in [0.1, 0.15) is 6.04 Å². The Morgan fingerprint density at radius 3 is 3.24 bits per heavy atom. The van der Waals surface area contributed by atoms with E-state index in [0.717, 1.165) is 4.88 Å². The average molecular weight is 256 g/mol. The highest BCUT2D eigenvalue weighted by atomic mass is 32.1. The number of hydrogen-bond acceptors (Lipinski definition) is 5. The van der Waals surface area contributed by atoms with Crippen LogP contribution in [0.15, 0.2) is 17.5 Å². The SMILES string of the molecule is NC(C(=O)N1CCOCC1CO)c1cccs1. The van der Waals surface area contributed by atoms with Gasteiger partial charge in [0.2, 0.25) is 5.91 Å². The summed E-state index contributed by atoms with van der Waals surface area (Å²) < 4.78 is 5.23. The van der Waals surface area contributed by atoms with Gasteiger partial charge >= 0.3 is 0 Å². The molecule has 1 amide bonds. The normalized spacial score (nSPS) is 22.5. The number of morpholine rings is 1. The number of aliphatic hydroxyl groups excluding tert-OH is 1. The Labute approximate surface area is 104 Å². The van der Waals surface area contributed by atoms with Crippen molar-refractivity contribution in [1.29, 1.82) is 0 Å². The molecule has 94 valence electrons. The van der Waals surface area contributed by atoms with Gasteiger partial charge in [-0.2, -0.15) is 0 Å². The maximum Gasteiger partial charge on any atom is 0.245 e. The van der Waals surface area contributed by atoms with Gasteiger partial charge in [-0.25, -0.2) is 0 Å². The van der Waals surface area contributed by atoms with E-state index in [1.165, 1.54) is 11.3 Å². The molecule has 1 aliphatic rings. The standard InChI is InChI=1S/C11H16N2O3S/c12-10(9-2-1-5-17-9)11(15)13-3-4-16-7-8(13)6-14/h1-2,5,8,10,14H,3-4,6-7,12H2. The quantitative estimate of drug-likeness (QED) is 0.796. The number of ether oxygens (including phenoxy) is 1. The number of hydrogen-bond donors (Lipinski definition) is 2. The van der Waals surface area contributed by atoms with Crippen LogP contribution in [0.3, 0.4) is 0 Å². The molecule has 1 aromatic heterocycles. The molecule has 0 radical (unpaired) electrons. The monoisotopic (exact) mass is 256 g/mol. The van der Waals surface area contributed by atoms with Crippen LogP contribution in [0, 0.1) is 0 Å². The highest BCUT2D eigenvalue weighted by Crippen LogP contribution is 2.20. The lowest BCUT2D eigenvalue weighted by atomic mass is 10.1.